The number of likely N-dealkylation sites (N-methyl/N-ethyl adjacent to an activating group) is 1. The Morgan fingerprint density at radius 1 is 0.768 bits per heavy atom. The van der Waals surface area contributed by atoms with Crippen LogP contribution >= 0.6 is 0 Å². The Labute approximate surface area is 400 Å². The molecule has 24 heteroatoms. The standard InChI is InChI=1S/C45H70N12O12/c1-4-25(2)40-45(69)54-30(15-16-34(46)59)42(66)55-33(20-35(47)60)43(67)51-28(12-17-37(62)49-22-38(63)52-32(44(68)56-40)19-27-10-13-29(58)14-11-27)23-57(3)24-39(64)53-31(41(65)50-21-36(48)61)18-26-8-6-5-7-9-26/h10-11,13-14,25-26,28,30-33,40,58H,4-9,12,15-24H2,1-3H3,(H2,46,59)(H2,47,60)(H2,48,61)(H,49,62)(H,50,65)(H,51,67)(H,52,63)(H,53,64)(H,54,69)(H,55,66)(H,56,68). The number of phenols is 1. The Kier molecular flexibility index (Phi) is 23.3. The topological polar surface area (TPSA) is 386 Å². The summed E-state index contributed by atoms with van der Waals surface area (Å²) < 4.78 is 0. The van der Waals surface area contributed by atoms with E-state index in [0.717, 1.165) is 32.1 Å². The number of hydrogen-bond donors (Lipinski definition) is 12. The van der Waals surface area contributed by atoms with Crippen molar-refractivity contribution in [3.05, 3.63) is 29.8 Å². The second kappa shape index (κ2) is 28.5. The highest BCUT2D eigenvalue weighted by molar-refractivity contribution is 5.97. The summed E-state index contributed by atoms with van der Waals surface area (Å²) in [6.07, 6.45) is 3.39. The lowest BCUT2D eigenvalue weighted by Crippen LogP contribution is -2.61. The summed E-state index contributed by atoms with van der Waals surface area (Å²) in [7, 11) is 1.53. The van der Waals surface area contributed by atoms with Gasteiger partial charge in [-0.15, -0.1) is 0 Å². The van der Waals surface area contributed by atoms with Crippen molar-refractivity contribution in [1.29, 1.82) is 0 Å². The van der Waals surface area contributed by atoms with Crippen LogP contribution in [0.25, 0.3) is 0 Å². The van der Waals surface area contributed by atoms with Gasteiger partial charge in [-0.3, -0.25) is 57.6 Å². The summed E-state index contributed by atoms with van der Waals surface area (Å²) >= 11 is 0. The number of nitrogens with one attached hydrogen (secondary N) is 8. The summed E-state index contributed by atoms with van der Waals surface area (Å²) in [4.78, 5) is 146. The Bertz CT molecular complexity index is 2000. The minimum atomic E-state index is -1.66. The van der Waals surface area contributed by atoms with E-state index in [1.165, 1.54) is 36.2 Å². The summed E-state index contributed by atoms with van der Waals surface area (Å²) in [6.45, 7) is 1.95. The summed E-state index contributed by atoms with van der Waals surface area (Å²) in [5.74, 6) is -9.27. The predicted octanol–water partition coefficient (Wildman–Crippen LogP) is -3.56. The molecule has 24 nitrogen and oxygen atoms in total. The first-order chi connectivity index (χ1) is 32.6. The van der Waals surface area contributed by atoms with Gasteiger partial charge >= 0.3 is 0 Å². The molecule has 69 heavy (non-hydrogen) atoms. The van der Waals surface area contributed by atoms with E-state index >= 15 is 0 Å². The molecule has 1 saturated carbocycles. The molecule has 1 heterocycles. The number of carbonyl (C=O) groups is 11. The Hall–Kier alpha value is -6.85. The summed E-state index contributed by atoms with van der Waals surface area (Å²) in [6, 6.07) is -1.97. The molecule has 15 N–H and O–H groups in total. The molecular formula is C45H70N12O12. The number of amides is 11. The number of aromatic hydroxyl groups is 1. The van der Waals surface area contributed by atoms with Crippen LogP contribution in [0.3, 0.4) is 0 Å². The van der Waals surface area contributed by atoms with Gasteiger partial charge in [0.05, 0.1) is 26.1 Å². The number of benzene rings is 1. The number of hydrogen-bond acceptors (Lipinski definition) is 13. The number of rotatable bonds is 19. The molecule has 0 bridgehead atoms. The van der Waals surface area contributed by atoms with E-state index in [4.69, 9.17) is 17.2 Å². The first-order valence-electron chi connectivity index (χ1n) is 23.3. The Morgan fingerprint density at radius 3 is 2.03 bits per heavy atom. The smallest absolute Gasteiger partial charge is 0.243 e. The van der Waals surface area contributed by atoms with Gasteiger partial charge < -0.3 is 64.8 Å². The first kappa shape index (κ1) is 56.5. The van der Waals surface area contributed by atoms with Crippen LogP contribution in [0.1, 0.15) is 96.5 Å². The van der Waals surface area contributed by atoms with Crippen molar-refractivity contribution >= 4 is 65.0 Å². The number of primary amides is 3. The minimum absolute atomic E-state index is 0.0478. The largest absolute Gasteiger partial charge is 0.508 e. The molecule has 2 fully saturated rings. The Balaban J connectivity index is 1.95. The van der Waals surface area contributed by atoms with Crippen LogP contribution in [0, 0.1) is 11.8 Å². The lowest BCUT2D eigenvalue weighted by Gasteiger charge is -2.30. The van der Waals surface area contributed by atoms with Crippen LogP contribution < -0.4 is 59.7 Å². The van der Waals surface area contributed by atoms with Gasteiger partial charge in [-0.2, -0.15) is 0 Å². The summed E-state index contributed by atoms with van der Waals surface area (Å²) in [5.41, 5.74) is 16.6. The van der Waals surface area contributed by atoms with E-state index in [0.29, 0.717) is 18.4 Å². The fraction of sp³-hybridized carbons (Fsp3) is 0.622. The van der Waals surface area contributed by atoms with Gasteiger partial charge in [-0.05, 0) is 55.8 Å². The molecule has 0 spiro atoms. The van der Waals surface area contributed by atoms with E-state index < -0.39 is 133 Å². The molecule has 1 saturated heterocycles. The number of phenolic OH excluding ortho intramolecular Hbond substituents is 1. The molecule has 1 aromatic carbocycles. The third-order valence-corrected chi connectivity index (χ3v) is 12.0. The third kappa shape index (κ3) is 20.9. The normalized spacial score (nSPS) is 22.5. The van der Waals surface area contributed by atoms with Crippen LogP contribution in [-0.2, 0) is 59.2 Å². The van der Waals surface area contributed by atoms with Crippen molar-refractivity contribution in [3.8, 4) is 5.75 Å². The number of nitrogens with zero attached hydrogens (tertiary/aromatic N) is 1. The maximum Gasteiger partial charge on any atom is 0.243 e. The van der Waals surface area contributed by atoms with Crippen molar-refractivity contribution in [2.45, 2.75) is 134 Å². The van der Waals surface area contributed by atoms with E-state index in [-0.39, 0.29) is 50.4 Å². The maximum atomic E-state index is 14.0. The third-order valence-electron chi connectivity index (χ3n) is 12.0. The van der Waals surface area contributed by atoms with E-state index in [9.17, 15) is 57.8 Å². The van der Waals surface area contributed by atoms with Crippen LogP contribution in [0.4, 0.5) is 0 Å². The molecule has 382 valence electrons. The number of nitrogens with two attached hydrogens (primary N) is 3. The minimum Gasteiger partial charge on any atom is -0.508 e. The highest BCUT2D eigenvalue weighted by Crippen LogP contribution is 2.27. The van der Waals surface area contributed by atoms with Crippen molar-refractivity contribution in [2.24, 2.45) is 29.0 Å². The molecule has 11 amide bonds. The predicted molar refractivity (Wildman–Crippen MR) is 248 cm³/mol. The van der Waals surface area contributed by atoms with Gasteiger partial charge in [0.2, 0.25) is 65.0 Å². The van der Waals surface area contributed by atoms with Crippen molar-refractivity contribution in [2.75, 3.05) is 33.2 Å². The zero-order valence-electron chi connectivity index (χ0n) is 39.6. The van der Waals surface area contributed by atoms with Crippen LogP contribution in [0.2, 0.25) is 0 Å². The summed E-state index contributed by atoms with van der Waals surface area (Å²) in [5, 5.41) is 30.4. The van der Waals surface area contributed by atoms with E-state index in [2.05, 4.69) is 42.5 Å². The average Bonchev–Trinajstić information content (AvgIpc) is 3.29. The molecule has 7 unspecified atom stereocenters. The molecule has 1 aliphatic heterocycles. The SMILES string of the molecule is CCC(C)C1NC(=O)C(Cc2ccc(O)cc2)NC(=O)CNC(=O)CCC(CN(C)CC(=O)NC(CC2CCCCC2)C(=O)NCC(N)=O)NC(=O)C(CC(N)=O)NC(=O)C(CCC(N)=O)NC1=O. The zero-order chi connectivity index (χ0) is 51.2. The fourth-order valence-electron chi connectivity index (χ4n) is 8.07. The molecular weight excluding hydrogens is 901 g/mol. The molecule has 3 rings (SSSR count). The number of carbonyl (C=O) groups excluding carboxylic acids is 11. The quantitative estimate of drug-likeness (QED) is 0.0640. The van der Waals surface area contributed by atoms with Gasteiger partial charge in [0.15, 0.2) is 0 Å². The molecule has 1 aliphatic carbocycles. The van der Waals surface area contributed by atoms with Crippen LogP contribution in [0.5, 0.6) is 5.75 Å². The van der Waals surface area contributed by atoms with Crippen molar-refractivity contribution < 1.29 is 57.8 Å². The van der Waals surface area contributed by atoms with Gasteiger partial charge in [-0.1, -0.05) is 64.5 Å². The zero-order valence-corrected chi connectivity index (χ0v) is 39.6. The Morgan fingerprint density at radius 2 is 1.41 bits per heavy atom. The molecule has 7 atom stereocenters. The van der Waals surface area contributed by atoms with Gasteiger partial charge in [0.25, 0.3) is 0 Å². The fourth-order valence-corrected chi connectivity index (χ4v) is 8.07. The first-order valence-corrected chi connectivity index (χ1v) is 23.3. The molecule has 2 aliphatic rings. The lowest BCUT2D eigenvalue weighted by molar-refractivity contribution is -0.136. The monoisotopic (exact) mass is 971 g/mol. The van der Waals surface area contributed by atoms with Crippen LogP contribution in [0.15, 0.2) is 24.3 Å². The van der Waals surface area contributed by atoms with Gasteiger partial charge in [-0.25, -0.2) is 0 Å². The van der Waals surface area contributed by atoms with Gasteiger partial charge in [0.1, 0.15) is 36.0 Å². The maximum absolute atomic E-state index is 14.0. The van der Waals surface area contributed by atoms with Crippen molar-refractivity contribution in [3.63, 3.8) is 0 Å². The average molecular weight is 971 g/mol. The van der Waals surface area contributed by atoms with Gasteiger partial charge in [0, 0.05) is 31.8 Å². The molecule has 0 radical (unpaired) electrons. The highest BCUT2D eigenvalue weighted by Gasteiger charge is 2.35. The second-order valence-electron chi connectivity index (χ2n) is 17.9. The highest BCUT2D eigenvalue weighted by atomic mass is 16.3. The second-order valence-corrected chi connectivity index (χ2v) is 17.9. The van der Waals surface area contributed by atoms with Crippen molar-refractivity contribution in [1.82, 2.24) is 47.4 Å². The lowest BCUT2D eigenvalue weighted by atomic mass is 9.84. The van der Waals surface area contributed by atoms with E-state index in [1.54, 1.807) is 13.8 Å². The molecule has 1 aromatic rings. The molecule has 0 aromatic heterocycles. The van der Waals surface area contributed by atoms with Crippen LogP contribution in [-0.4, -0.2) is 144 Å². The van der Waals surface area contributed by atoms with E-state index in [1.807, 2.05) is 0 Å².